The molecule has 2 heterocycles. The third kappa shape index (κ3) is 42.1. The van der Waals surface area contributed by atoms with E-state index in [4.69, 9.17) is 18.9 Å². The first kappa shape index (κ1) is 81.3. The van der Waals surface area contributed by atoms with E-state index in [1.807, 2.05) is 6.08 Å². The molecule has 1 amide bonds. The lowest BCUT2D eigenvalue weighted by atomic mass is 9.97. The normalized spacial score (nSPS) is 23.4. The maximum Gasteiger partial charge on any atom is 0.220 e. The fraction of sp³-hybridized carbons (Fsp3) is 0.904. The maximum absolute atomic E-state index is 13.3. The summed E-state index contributed by atoms with van der Waals surface area (Å²) in [4.78, 5) is 13.3. The molecular weight excluding hydrogens is 1100 g/mol. The number of amides is 1. The first-order valence-electron chi connectivity index (χ1n) is 36.7. The van der Waals surface area contributed by atoms with Crippen LogP contribution in [0, 0.1) is 0 Å². The van der Waals surface area contributed by atoms with Crippen molar-refractivity contribution in [1.29, 1.82) is 0 Å². The van der Waals surface area contributed by atoms with Gasteiger partial charge in [0.15, 0.2) is 12.6 Å². The Bertz CT molecular complexity index is 1600. The molecule has 2 aliphatic heterocycles. The van der Waals surface area contributed by atoms with Gasteiger partial charge in [0.1, 0.15) is 48.8 Å². The van der Waals surface area contributed by atoms with Crippen LogP contribution in [0.15, 0.2) is 36.5 Å². The fourth-order valence-electron chi connectivity index (χ4n) is 12.2. The number of aliphatic hydroxyl groups is 8. The van der Waals surface area contributed by atoms with Gasteiger partial charge in [0.05, 0.1) is 32.0 Å². The summed E-state index contributed by atoms with van der Waals surface area (Å²) in [6.07, 6.45) is 58.4. The van der Waals surface area contributed by atoms with Crippen LogP contribution in [-0.2, 0) is 23.7 Å². The summed E-state index contributed by atoms with van der Waals surface area (Å²) < 4.78 is 22.8. The van der Waals surface area contributed by atoms with Crippen molar-refractivity contribution in [2.45, 2.75) is 402 Å². The van der Waals surface area contributed by atoms with E-state index in [2.05, 4.69) is 43.5 Å². The molecule has 12 atom stereocenters. The first-order chi connectivity index (χ1) is 42.6. The number of carbonyl (C=O) groups is 1. The highest BCUT2D eigenvalue weighted by Gasteiger charge is 2.51. The lowest BCUT2D eigenvalue weighted by Crippen LogP contribution is -2.65. The summed E-state index contributed by atoms with van der Waals surface area (Å²) in [6, 6.07) is -0.928. The van der Waals surface area contributed by atoms with Crippen LogP contribution in [0.25, 0.3) is 0 Å². The van der Waals surface area contributed by atoms with Crippen molar-refractivity contribution < 1.29 is 64.6 Å². The molecule has 9 N–H and O–H groups in total. The number of unbranched alkanes of at least 4 members (excludes halogenated alkanes) is 44. The molecule has 2 aliphatic rings. The molecule has 0 radical (unpaired) electrons. The molecule has 2 saturated heterocycles. The number of rotatable bonds is 61. The monoisotopic (exact) mass is 1240 g/mol. The highest BCUT2D eigenvalue weighted by atomic mass is 16.7. The van der Waals surface area contributed by atoms with E-state index in [0.717, 1.165) is 32.1 Å². The van der Waals surface area contributed by atoms with Gasteiger partial charge in [-0.3, -0.25) is 4.79 Å². The van der Waals surface area contributed by atoms with Crippen molar-refractivity contribution in [3.8, 4) is 0 Å². The van der Waals surface area contributed by atoms with Gasteiger partial charge in [0.25, 0.3) is 0 Å². The number of ether oxygens (including phenoxy) is 4. The van der Waals surface area contributed by atoms with E-state index in [1.165, 1.54) is 263 Å². The molecule has 0 bridgehead atoms. The second kappa shape index (κ2) is 58.1. The largest absolute Gasteiger partial charge is 0.394 e. The molecule has 12 unspecified atom stereocenters. The third-order valence-electron chi connectivity index (χ3n) is 18.0. The quantitative estimate of drug-likeness (QED) is 0.0204. The molecule has 0 aromatic heterocycles. The van der Waals surface area contributed by atoms with Crippen LogP contribution in [0.4, 0.5) is 0 Å². The minimum atomic E-state index is -1.79. The first-order valence-corrected chi connectivity index (χ1v) is 36.7. The standard InChI is InChI=1S/C73H137NO13/c1-3-5-7-9-11-13-15-17-18-19-20-21-22-23-24-25-26-27-28-29-30-31-32-33-34-35-36-37-38-39-40-41-42-43-44-45-47-49-51-53-55-57-65(78)74-61(62(77)56-54-52-50-48-46-16-14-12-10-8-6-4-2)60-84-72-70(83)68(81)71(64(59-76)86-72)87-73-69(82)67(80)66(79)63(58-75)85-73/h19-20,46,48,54,56,61-64,66-73,75-77,79-83H,3-18,21-45,47,49-53,55,57-60H2,1-2H3,(H,74,78)/b20-19-,48-46+,56-54+. The lowest BCUT2D eigenvalue weighted by Gasteiger charge is -2.46. The van der Waals surface area contributed by atoms with Gasteiger partial charge in [-0.15, -0.1) is 0 Å². The topological polar surface area (TPSA) is 228 Å². The number of hydrogen-bond acceptors (Lipinski definition) is 13. The zero-order valence-electron chi connectivity index (χ0n) is 55.8. The van der Waals surface area contributed by atoms with Gasteiger partial charge in [-0.2, -0.15) is 0 Å². The van der Waals surface area contributed by atoms with Crippen LogP contribution in [0.2, 0.25) is 0 Å². The van der Waals surface area contributed by atoms with Crippen LogP contribution in [-0.4, -0.2) is 140 Å². The van der Waals surface area contributed by atoms with Gasteiger partial charge in [-0.05, 0) is 57.8 Å². The highest BCUT2D eigenvalue weighted by Crippen LogP contribution is 2.30. The van der Waals surface area contributed by atoms with Crippen molar-refractivity contribution in [3.05, 3.63) is 36.5 Å². The second-order valence-corrected chi connectivity index (χ2v) is 26.1. The van der Waals surface area contributed by atoms with Gasteiger partial charge in [-0.1, -0.05) is 301 Å². The Morgan fingerprint density at radius 3 is 1.13 bits per heavy atom. The number of allylic oxidation sites excluding steroid dienone is 5. The number of carbonyl (C=O) groups excluding carboxylic acids is 1. The summed E-state index contributed by atoms with van der Waals surface area (Å²) >= 11 is 0. The predicted molar refractivity (Wildman–Crippen MR) is 355 cm³/mol. The zero-order valence-corrected chi connectivity index (χ0v) is 55.8. The number of nitrogens with one attached hydrogen (secondary N) is 1. The van der Waals surface area contributed by atoms with E-state index in [1.54, 1.807) is 6.08 Å². The van der Waals surface area contributed by atoms with Crippen molar-refractivity contribution in [2.24, 2.45) is 0 Å². The van der Waals surface area contributed by atoms with Crippen molar-refractivity contribution in [1.82, 2.24) is 5.32 Å². The molecule has 2 fully saturated rings. The van der Waals surface area contributed by atoms with Crippen LogP contribution in [0.3, 0.4) is 0 Å². The van der Waals surface area contributed by atoms with Gasteiger partial charge in [-0.25, -0.2) is 0 Å². The Labute approximate surface area is 531 Å². The average Bonchev–Trinajstić information content (AvgIpc) is 2.27. The summed E-state index contributed by atoms with van der Waals surface area (Å²) in [7, 11) is 0. The van der Waals surface area contributed by atoms with Crippen molar-refractivity contribution >= 4 is 5.91 Å². The number of aliphatic hydroxyl groups excluding tert-OH is 8. The molecule has 0 aromatic carbocycles. The minimum Gasteiger partial charge on any atom is -0.394 e. The van der Waals surface area contributed by atoms with E-state index >= 15 is 0 Å². The predicted octanol–water partition coefficient (Wildman–Crippen LogP) is 15.3. The van der Waals surface area contributed by atoms with Crippen LogP contribution >= 0.6 is 0 Å². The molecule has 0 saturated carbocycles. The van der Waals surface area contributed by atoms with Gasteiger partial charge >= 0.3 is 0 Å². The van der Waals surface area contributed by atoms with Gasteiger partial charge < -0.3 is 65.1 Å². The summed E-state index contributed by atoms with van der Waals surface area (Å²) in [5.41, 5.74) is 0. The number of hydrogen-bond donors (Lipinski definition) is 9. The summed E-state index contributed by atoms with van der Waals surface area (Å²) in [5.74, 6) is -0.245. The smallest absolute Gasteiger partial charge is 0.220 e. The molecular formula is C73H137NO13. The molecule has 0 aliphatic carbocycles. The van der Waals surface area contributed by atoms with Crippen molar-refractivity contribution in [3.63, 3.8) is 0 Å². The molecule has 512 valence electrons. The lowest BCUT2D eigenvalue weighted by molar-refractivity contribution is -0.359. The van der Waals surface area contributed by atoms with E-state index in [0.29, 0.717) is 12.8 Å². The molecule has 14 heteroatoms. The van der Waals surface area contributed by atoms with E-state index < -0.39 is 86.8 Å². The molecule has 87 heavy (non-hydrogen) atoms. The van der Waals surface area contributed by atoms with Crippen LogP contribution in [0.5, 0.6) is 0 Å². The van der Waals surface area contributed by atoms with E-state index in [-0.39, 0.29) is 18.9 Å². The Balaban J connectivity index is 1.51. The SMILES string of the molecule is CCCCCCCC/C=C/CC/C=C/C(O)C(COC1OC(CO)C(OC2OC(CO)C(O)C(O)C2O)C(O)C1O)NC(=O)CCCCCCCCCCCCCCCCCCCCCCCCCCCCCCC/C=C\CCCCCCCCCC. The highest BCUT2D eigenvalue weighted by molar-refractivity contribution is 5.76. The maximum atomic E-state index is 13.3. The van der Waals surface area contributed by atoms with Crippen LogP contribution < -0.4 is 5.32 Å². The Hall–Kier alpha value is -1.79. The van der Waals surface area contributed by atoms with Crippen molar-refractivity contribution in [2.75, 3.05) is 19.8 Å². The third-order valence-corrected chi connectivity index (χ3v) is 18.0. The minimum absolute atomic E-state index is 0.245. The fourth-order valence-corrected chi connectivity index (χ4v) is 12.2. The molecule has 0 spiro atoms. The Morgan fingerprint density at radius 2 is 0.736 bits per heavy atom. The summed E-state index contributed by atoms with van der Waals surface area (Å²) in [6.45, 7) is 2.79. The van der Waals surface area contributed by atoms with Crippen LogP contribution in [0.1, 0.15) is 328 Å². The molecule has 14 nitrogen and oxygen atoms in total. The summed E-state index contributed by atoms with van der Waals surface area (Å²) in [5, 5.41) is 87.1. The Morgan fingerprint density at radius 1 is 0.402 bits per heavy atom. The van der Waals surface area contributed by atoms with E-state index in [9.17, 15) is 45.6 Å². The second-order valence-electron chi connectivity index (χ2n) is 26.1. The molecule has 0 aromatic rings. The zero-order chi connectivity index (χ0) is 63.1. The molecule has 2 rings (SSSR count). The Kier molecular flexibility index (Phi) is 54.3. The van der Waals surface area contributed by atoms with Gasteiger partial charge in [0, 0.05) is 6.42 Å². The van der Waals surface area contributed by atoms with Gasteiger partial charge in [0.2, 0.25) is 5.91 Å². The average molecular weight is 1240 g/mol.